The Labute approximate surface area is 185 Å². The Kier molecular flexibility index (Phi) is 8.05. The van der Waals surface area contributed by atoms with E-state index in [-0.39, 0.29) is 29.7 Å². The molecule has 1 aromatic rings. The fourth-order valence-electron chi connectivity index (χ4n) is 4.45. The van der Waals surface area contributed by atoms with Crippen molar-refractivity contribution < 1.29 is 9.59 Å². The first-order chi connectivity index (χ1) is 14.9. The molecule has 1 aliphatic heterocycles. The maximum atomic E-state index is 13.0. The van der Waals surface area contributed by atoms with Crippen molar-refractivity contribution in [1.82, 2.24) is 10.6 Å². The molecule has 3 atom stereocenters. The number of fused-ring (bicyclic) bond motifs is 1. The molecule has 0 radical (unpaired) electrons. The summed E-state index contributed by atoms with van der Waals surface area (Å²) in [7, 11) is 1.94. The van der Waals surface area contributed by atoms with Crippen LogP contribution in [0.4, 0.5) is 11.4 Å². The number of nitrogens with one attached hydrogen (secondary N) is 2. The van der Waals surface area contributed by atoms with E-state index in [9.17, 15) is 9.59 Å². The molecule has 1 fully saturated rings. The number of nitrogens with two attached hydrogens (primary N) is 2. The number of nitrogens with zero attached hydrogens (tertiary/aromatic N) is 2. The van der Waals surface area contributed by atoms with E-state index in [1.165, 1.54) is 0 Å². The third-order valence-corrected chi connectivity index (χ3v) is 6.43. The largest absolute Gasteiger partial charge is 0.330 e. The summed E-state index contributed by atoms with van der Waals surface area (Å²) in [4.78, 5) is 29.0. The van der Waals surface area contributed by atoms with Gasteiger partial charge in [0.25, 0.3) is 0 Å². The van der Waals surface area contributed by atoms with E-state index in [0.29, 0.717) is 25.7 Å². The zero-order valence-corrected chi connectivity index (χ0v) is 19.1. The second kappa shape index (κ2) is 10.5. The molecule has 1 aromatic carbocycles. The number of benzene rings is 1. The molecule has 1 heterocycles. The van der Waals surface area contributed by atoms with Crippen LogP contribution in [0.5, 0.6) is 0 Å². The van der Waals surface area contributed by atoms with Crippen LogP contribution < -0.4 is 31.9 Å². The van der Waals surface area contributed by atoms with Crippen molar-refractivity contribution in [2.45, 2.75) is 51.1 Å². The van der Waals surface area contributed by atoms with E-state index < -0.39 is 0 Å². The molecule has 1 aliphatic carbocycles. The van der Waals surface area contributed by atoms with Crippen LogP contribution in [0.1, 0.15) is 44.6 Å². The SMILES string of the molecule is CNC(CCN)CNCC(CN)c1ccc2c(c1)N(C(=O)C1CC1)C[C@H](C)N2C(C)=O. The quantitative estimate of drug-likeness (QED) is 0.435. The van der Waals surface area contributed by atoms with Crippen LogP contribution >= 0.6 is 0 Å². The van der Waals surface area contributed by atoms with Crippen LogP contribution in [0, 0.1) is 5.92 Å². The molecule has 172 valence electrons. The summed E-state index contributed by atoms with van der Waals surface area (Å²) in [5.41, 5.74) is 14.5. The summed E-state index contributed by atoms with van der Waals surface area (Å²) in [5.74, 6) is 0.411. The molecule has 2 amide bonds. The Bertz CT molecular complexity index is 781. The van der Waals surface area contributed by atoms with E-state index in [2.05, 4.69) is 16.7 Å². The first-order valence-corrected chi connectivity index (χ1v) is 11.4. The summed E-state index contributed by atoms with van der Waals surface area (Å²) in [5, 5.41) is 6.78. The number of likely N-dealkylation sites (N-methyl/N-ethyl adjacent to an activating group) is 1. The molecule has 6 N–H and O–H groups in total. The average Bonchev–Trinajstić information content (AvgIpc) is 3.59. The van der Waals surface area contributed by atoms with E-state index in [1.807, 2.05) is 31.0 Å². The van der Waals surface area contributed by atoms with Gasteiger partial charge in [0.05, 0.1) is 17.4 Å². The molecular weight excluding hydrogens is 392 g/mol. The van der Waals surface area contributed by atoms with Gasteiger partial charge < -0.3 is 31.9 Å². The molecular formula is C23H38N6O2. The molecule has 3 rings (SSSR count). The van der Waals surface area contributed by atoms with Crippen molar-refractivity contribution in [1.29, 1.82) is 0 Å². The maximum Gasteiger partial charge on any atom is 0.230 e. The number of rotatable bonds is 10. The van der Waals surface area contributed by atoms with Crippen molar-refractivity contribution in [2.24, 2.45) is 17.4 Å². The lowest BCUT2D eigenvalue weighted by Crippen LogP contribution is -2.51. The monoisotopic (exact) mass is 430 g/mol. The Morgan fingerprint density at radius 2 is 1.94 bits per heavy atom. The molecule has 2 unspecified atom stereocenters. The van der Waals surface area contributed by atoms with Gasteiger partial charge in [0.1, 0.15) is 0 Å². The molecule has 1 saturated carbocycles. The van der Waals surface area contributed by atoms with Crippen molar-refractivity contribution >= 4 is 23.2 Å². The smallest absolute Gasteiger partial charge is 0.230 e. The highest BCUT2D eigenvalue weighted by atomic mass is 16.2. The Hall–Kier alpha value is -2.00. The molecule has 0 aromatic heterocycles. The number of carbonyl (C=O) groups is 2. The predicted molar refractivity (Wildman–Crippen MR) is 125 cm³/mol. The van der Waals surface area contributed by atoms with Gasteiger partial charge in [0, 0.05) is 51.0 Å². The van der Waals surface area contributed by atoms with E-state index >= 15 is 0 Å². The summed E-state index contributed by atoms with van der Waals surface area (Å²) in [6.07, 6.45) is 2.83. The molecule has 31 heavy (non-hydrogen) atoms. The van der Waals surface area contributed by atoms with Crippen LogP contribution in [0.2, 0.25) is 0 Å². The second-order valence-corrected chi connectivity index (χ2v) is 8.86. The number of hydrogen-bond acceptors (Lipinski definition) is 6. The Morgan fingerprint density at radius 3 is 2.52 bits per heavy atom. The van der Waals surface area contributed by atoms with E-state index in [1.54, 1.807) is 11.8 Å². The lowest BCUT2D eigenvalue weighted by Gasteiger charge is -2.41. The van der Waals surface area contributed by atoms with Crippen LogP contribution in [-0.2, 0) is 9.59 Å². The third-order valence-electron chi connectivity index (χ3n) is 6.43. The lowest BCUT2D eigenvalue weighted by molar-refractivity contribution is -0.120. The fourth-order valence-corrected chi connectivity index (χ4v) is 4.45. The highest BCUT2D eigenvalue weighted by Crippen LogP contribution is 2.41. The Morgan fingerprint density at radius 1 is 1.19 bits per heavy atom. The highest BCUT2D eigenvalue weighted by Gasteiger charge is 2.39. The van der Waals surface area contributed by atoms with Crippen molar-refractivity contribution in [3.05, 3.63) is 23.8 Å². The predicted octanol–water partition coefficient (Wildman–Crippen LogP) is 0.753. The third kappa shape index (κ3) is 5.44. The first kappa shape index (κ1) is 23.7. The molecule has 8 nitrogen and oxygen atoms in total. The van der Waals surface area contributed by atoms with Crippen LogP contribution in [-0.4, -0.2) is 63.7 Å². The van der Waals surface area contributed by atoms with Gasteiger partial charge in [-0.3, -0.25) is 9.59 Å². The minimum atomic E-state index is -0.0495. The van der Waals surface area contributed by atoms with Crippen LogP contribution in [0.15, 0.2) is 18.2 Å². The minimum Gasteiger partial charge on any atom is -0.330 e. The van der Waals surface area contributed by atoms with E-state index in [4.69, 9.17) is 11.5 Å². The van der Waals surface area contributed by atoms with Gasteiger partial charge >= 0.3 is 0 Å². The minimum absolute atomic E-state index is 0.00456. The maximum absolute atomic E-state index is 13.0. The standard InChI is InChI=1S/C23H38N6O2/c1-15-14-28(23(31)17-4-5-17)22-10-18(6-7-21(22)29(15)16(2)30)19(11-25)12-27-13-20(26-3)8-9-24/h6-7,10,15,17,19-20,26-27H,4-5,8-9,11-14,24-25H2,1-3H3/t15-,19?,20?/m0/s1. The fraction of sp³-hybridized carbons (Fsp3) is 0.652. The highest BCUT2D eigenvalue weighted by molar-refractivity contribution is 6.05. The van der Waals surface area contributed by atoms with Crippen molar-refractivity contribution in [3.63, 3.8) is 0 Å². The summed E-state index contributed by atoms with van der Waals surface area (Å²) < 4.78 is 0. The summed E-state index contributed by atoms with van der Waals surface area (Å²) in [6, 6.07) is 6.35. The van der Waals surface area contributed by atoms with Gasteiger partial charge in [-0.1, -0.05) is 6.07 Å². The topological polar surface area (TPSA) is 117 Å². The van der Waals surface area contributed by atoms with Gasteiger partial charge in [0.2, 0.25) is 11.8 Å². The number of hydrogen-bond donors (Lipinski definition) is 4. The van der Waals surface area contributed by atoms with Crippen LogP contribution in [0.25, 0.3) is 0 Å². The van der Waals surface area contributed by atoms with E-state index in [0.717, 1.165) is 49.3 Å². The first-order valence-electron chi connectivity index (χ1n) is 11.4. The average molecular weight is 431 g/mol. The summed E-state index contributed by atoms with van der Waals surface area (Å²) >= 11 is 0. The van der Waals surface area contributed by atoms with Gasteiger partial charge in [-0.25, -0.2) is 0 Å². The van der Waals surface area contributed by atoms with Gasteiger partial charge in [-0.2, -0.15) is 0 Å². The summed E-state index contributed by atoms with van der Waals surface area (Å²) in [6.45, 7) is 6.80. The molecule has 0 saturated heterocycles. The van der Waals surface area contributed by atoms with Crippen molar-refractivity contribution in [3.8, 4) is 0 Å². The zero-order valence-electron chi connectivity index (χ0n) is 19.1. The number of anilines is 2. The molecule has 0 spiro atoms. The Balaban J connectivity index is 1.83. The van der Waals surface area contributed by atoms with Gasteiger partial charge in [-0.05, 0) is 57.5 Å². The number of amides is 2. The lowest BCUT2D eigenvalue weighted by atomic mass is 9.95. The van der Waals surface area contributed by atoms with Gasteiger partial charge in [0.15, 0.2) is 0 Å². The van der Waals surface area contributed by atoms with Gasteiger partial charge in [-0.15, -0.1) is 0 Å². The van der Waals surface area contributed by atoms with Crippen LogP contribution in [0.3, 0.4) is 0 Å². The molecule has 2 aliphatic rings. The molecule has 8 heteroatoms. The zero-order chi connectivity index (χ0) is 22.5. The number of carbonyl (C=O) groups excluding carboxylic acids is 2. The molecule has 0 bridgehead atoms. The normalized spacial score (nSPS) is 20.4. The second-order valence-electron chi connectivity index (χ2n) is 8.86. The van der Waals surface area contributed by atoms with Crippen molar-refractivity contribution in [2.75, 3.05) is 49.6 Å².